The van der Waals surface area contributed by atoms with Crippen LogP contribution >= 0.6 is 11.3 Å². The van der Waals surface area contributed by atoms with Crippen LogP contribution in [0.15, 0.2) is 38.4 Å². The number of nitrogens with zero attached hydrogens (tertiary/aromatic N) is 3. The van der Waals surface area contributed by atoms with E-state index >= 15 is 0 Å². The smallest absolute Gasteiger partial charge is 0.311 e. The van der Waals surface area contributed by atoms with Crippen molar-refractivity contribution in [3.63, 3.8) is 0 Å². The van der Waals surface area contributed by atoms with Gasteiger partial charge in [-0.25, -0.2) is 0 Å². The van der Waals surface area contributed by atoms with Gasteiger partial charge >= 0.3 is 4.87 Å². The molecule has 0 saturated heterocycles. The molecule has 0 aliphatic heterocycles. The topological polar surface area (TPSA) is 78.0 Å². The summed E-state index contributed by atoms with van der Waals surface area (Å²) >= 11 is 1.03. The Bertz CT molecular complexity index is 947. The summed E-state index contributed by atoms with van der Waals surface area (Å²) in [5.41, 5.74) is -0.589. The molecule has 0 radical (unpaired) electrons. The third-order valence-corrected chi connectivity index (χ3v) is 4.18. The molecule has 0 bridgehead atoms. The van der Waals surface area contributed by atoms with E-state index in [4.69, 9.17) is 4.52 Å². The van der Waals surface area contributed by atoms with Gasteiger partial charge in [0, 0.05) is 10.1 Å². The Balaban J connectivity index is 2.06. The van der Waals surface area contributed by atoms with Gasteiger partial charge in [0.05, 0.1) is 5.39 Å². The Hall–Kier alpha value is -2.28. The number of benzene rings is 1. The fraction of sp³-hybridized carbons (Fsp3) is 0.333. The molecule has 22 heavy (non-hydrogen) atoms. The van der Waals surface area contributed by atoms with Crippen LogP contribution in [0.4, 0.5) is 0 Å². The molecule has 0 aliphatic rings. The molecule has 2 heterocycles. The lowest BCUT2D eigenvalue weighted by molar-refractivity contribution is 0.355. The normalized spacial score (nSPS) is 12.0. The molecule has 3 aromatic rings. The lowest BCUT2D eigenvalue weighted by atomic mass is 9.96. The van der Waals surface area contributed by atoms with E-state index in [-0.39, 0.29) is 28.3 Å². The first-order chi connectivity index (χ1) is 10.4. The molecule has 3 rings (SSSR count). The molecule has 1 aromatic carbocycles. The first-order valence-corrected chi connectivity index (χ1v) is 7.63. The van der Waals surface area contributed by atoms with Crippen LogP contribution in [-0.4, -0.2) is 14.7 Å². The predicted octanol–water partition coefficient (Wildman–Crippen LogP) is 2.15. The zero-order valence-electron chi connectivity index (χ0n) is 12.5. The van der Waals surface area contributed by atoms with Crippen molar-refractivity contribution in [1.29, 1.82) is 0 Å². The maximum absolute atomic E-state index is 12.4. The van der Waals surface area contributed by atoms with Gasteiger partial charge in [-0.3, -0.25) is 14.2 Å². The van der Waals surface area contributed by atoms with Crippen LogP contribution in [-0.2, 0) is 12.0 Å². The Morgan fingerprint density at radius 1 is 1.23 bits per heavy atom. The molecule has 0 amide bonds. The second-order valence-electron chi connectivity index (χ2n) is 6.02. The summed E-state index contributed by atoms with van der Waals surface area (Å²) in [5.74, 6) is 0.805. The van der Waals surface area contributed by atoms with Crippen LogP contribution in [0, 0.1) is 0 Å². The number of aromatic nitrogens is 3. The van der Waals surface area contributed by atoms with Crippen molar-refractivity contribution in [2.75, 3.05) is 0 Å². The summed E-state index contributed by atoms with van der Waals surface area (Å²) in [5, 5.41) is 4.42. The summed E-state index contributed by atoms with van der Waals surface area (Å²) in [6, 6.07) is 7.04. The van der Waals surface area contributed by atoms with Gasteiger partial charge in [-0.2, -0.15) is 4.98 Å². The van der Waals surface area contributed by atoms with Crippen LogP contribution in [0.25, 0.3) is 10.1 Å². The Morgan fingerprint density at radius 2 is 1.95 bits per heavy atom. The zero-order valence-corrected chi connectivity index (χ0v) is 13.3. The average Bonchev–Trinajstić information content (AvgIpc) is 2.92. The molecule has 0 atom stereocenters. The van der Waals surface area contributed by atoms with Gasteiger partial charge in [-0.05, 0) is 12.1 Å². The molecule has 2 aromatic heterocycles. The molecule has 0 aliphatic carbocycles. The Kier molecular flexibility index (Phi) is 3.44. The third kappa shape index (κ3) is 2.59. The fourth-order valence-corrected chi connectivity index (χ4v) is 2.86. The molecule has 0 unspecified atom stereocenters. The number of fused-ring (bicyclic) bond motifs is 1. The van der Waals surface area contributed by atoms with E-state index < -0.39 is 0 Å². The van der Waals surface area contributed by atoms with Crippen LogP contribution in [0.1, 0.15) is 32.5 Å². The molecule has 7 heteroatoms. The highest BCUT2D eigenvalue weighted by Gasteiger charge is 2.21. The highest BCUT2D eigenvalue weighted by molar-refractivity contribution is 7.16. The van der Waals surface area contributed by atoms with Gasteiger partial charge in [0.25, 0.3) is 5.56 Å². The summed E-state index contributed by atoms with van der Waals surface area (Å²) in [7, 11) is 0. The standard InChI is InChI=1S/C15H15N3O3S/c1-15(2,3)13-16-11(21-17-13)8-18-12(19)9-6-4-5-7-10(9)22-14(18)20/h4-7H,8H2,1-3H3. The SMILES string of the molecule is CC(C)(C)c1noc(Cn2c(=O)sc3ccccc3c2=O)n1. The lowest BCUT2D eigenvalue weighted by Crippen LogP contribution is -2.31. The van der Waals surface area contributed by atoms with Crippen molar-refractivity contribution in [3.8, 4) is 0 Å². The van der Waals surface area contributed by atoms with Gasteiger partial charge in [0.1, 0.15) is 6.54 Å². The largest absolute Gasteiger partial charge is 0.337 e. The Morgan fingerprint density at radius 3 is 2.64 bits per heavy atom. The quantitative estimate of drug-likeness (QED) is 0.723. The number of rotatable bonds is 2. The molecular weight excluding hydrogens is 302 g/mol. The highest BCUT2D eigenvalue weighted by Crippen LogP contribution is 2.18. The fourth-order valence-electron chi connectivity index (χ4n) is 2.01. The lowest BCUT2D eigenvalue weighted by Gasteiger charge is -2.10. The monoisotopic (exact) mass is 317 g/mol. The molecule has 0 fully saturated rings. The summed E-state index contributed by atoms with van der Waals surface area (Å²) < 4.78 is 6.97. The molecule has 114 valence electrons. The van der Waals surface area contributed by atoms with E-state index in [1.54, 1.807) is 24.3 Å². The van der Waals surface area contributed by atoms with Gasteiger partial charge in [-0.1, -0.05) is 49.4 Å². The summed E-state index contributed by atoms with van der Waals surface area (Å²) in [6.45, 7) is 5.88. The van der Waals surface area contributed by atoms with Crippen LogP contribution in [0.5, 0.6) is 0 Å². The summed E-state index contributed by atoms with van der Waals surface area (Å²) in [6.07, 6.45) is 0. The van der Waals surface area contributed by atoms with Gasteiger partial charge in [0.15, 0.2) is 5.82 Å². The van der Waals surface area contributed by atoms with E-state index in [0.717, 1.165) is 15.9 Å². The number of hydrogen-bond acceptors (Lipinski definition) is 6. The molecule has 0 N–H and O–H groups in total. The van der Waals surface area contributed by atoms with Crippen molar-refractivity contribution in [2.45, 2.75) is 32.7 Å². The maximum atomic E-state index is 12.4. The maximum Gasteiger partial charge on any atom is 0.311 e. The highest BCUT2D eigenvalue weighted by atomic mass is 32.1. The predicted molar refractivity (Wildman–Crippen MR) is 84.5 cm³/mol. The molecule has 6 nitrogen and oxygen atoms in total. The van der Waals surface area contributed by atoms with E-state index in [1.807, 2.05) is 20.8 Å². The summed E-state index contributed by atoms with van der Waals surface area (Å²) in [4.78, 5) is 28.5. The second kappa shape index (κ2) is 5.17. The van der Waals surface area contributed by atoms with E-state index in [2.05, 4.69) is 10.1 Å². The van der Waals surface area contributed by atoms with Gasteiger partial charge in [0.2, 0.25) is 5.89 Å². The molecule has 0 spiro atoms. The van der Waals surface area contributed by atoms with Gasteiger partial charge < -0.3 is 4.52 Å². The van der Waals surface area contributed by atoms with E-state index in [9.17, 15) is 9.59 Å². The number of hydrogen-bond donors (Lipinski definition) is 0. The van der Waals surface area contributed by atoms with E-state index in [1.165, 1.54) is 0 Å². The molecular formula is C15H15N3O3S. The van der Waals surface area contributed by atoms with Crippen LogP contribution < -0.4 is 10.4 Å². The zero-order chi connectivity index (χ0) is 15.9. The minimum Gasteiger partial charge on any atom is -0.337 e. The van der Waals surface area contributed by atoms with Crippen molar-refractivity contribution >= 4 is 21.4 Å². The van der Waals surface area contributed by atoms with E-state index in [0.29, 0.717) is 15.9 Å². The minimum atomic E-state index is -0.338. The molecule has 0 saturated carbocycles. The van der Waals surface area contributed by atoms with Gasteiger partial charge in [-0.15, -0.1) is 0 Å². The third-order valence-electron chi connectivity index (χ3n) is 3.21. The van der Waals surface area contributed by atoms with Crippen molar-refractivity contribution < 1.29 is 4.52 Å². The van der Waals surface area contributed by atoms with Crippen LogP contribution in [0.3, 0.4) is 0 Å². The average molecular weight is 317 g/mol. The van der Waals surface area contributed by atoms with Crippen molar-refractivity contribution in [2.24, 2.45) is 0 Å². The second-order valence-corrected chi connectivity index (χ2v) is 7.01. The van der Waals surface area contributed by atoms with Crippen molar-refractivity contribution in [1.82, 2.24) is 14.7 Å². The van der Waals surface area contributed by atoms with Crippen molar-refractivity contribution in [3.05, 3.63) is 56.0 Å². The first kappa shape index (κ1) is 14.6. The first-order valence-electron chi connectivity index (χ1n) is 6.82. The Labute approximate surface area is 130 Å². The minimum absolute atomic E-state index is 0.0118. The van der Waals surface area contributed by atoms with Crippen LogP contribution in [0.2, 0.25) is 0 Å².